The molecule has 2 N–H and O–H groups in total. The number of nitrogens with zero attached hydrogens (tertiary/aromatic N) is 5. The molecule has 2 aromatic heterocycles. The van der Waals surface area contributed by atoms with Gasteiger partial charge in [-0.15, -0.1) is 5.10 Å². The van der Waals surface area contributed by atoms with Gasteiger partial charge in [-0.2, -0.15) is 22.8 Å². The minimum Gasteiger partial charge on any atom is -0.368 e. The van der Waals surface area contributed by atoms with Crippen molar-refractivity contribution in [3.63, 3.8) is 0 Å². The Morgan fingerprint density at radius 1 is 1.00 bits per heavy atom. The molecule has 0 saturated heterocycles. The third kappa shape index (κ3) is 3.63. The molecule has 10 heteroatoms. The molecule has 2 aromatic carbocycles. The van der Waals surface area contributed by atoms with E-state index in [1.165, 1.54) is 34.9 Å². The number of benzene rings is 2. The average molecular weight is 402 g/mol. The van der Waals surface area contributed by atoms with Gasteiger partial charge in [0, 0.05) is 11.1 Å². The summed E-state index contributed by atoms with van der Waals surface area (Å²) in [5.74, 6) is 1.09. The van der Waals surface area contributed by atoms with E-state index in [1.807, 2.05) is 24.3 Å². The van der Waals surface area contributed by atoms with Gasteiger partial charge in [0.25, 0.3) is 0 Å². The van der Waals surface area contributed by atoms with E-state index >= 15 is 0 Å². The number of halogens is 3. The van der Waals surface area contributed by atoms with Gasteiger partial charge in [-0.25, -0.2) is 9.97 Å². The van der Waals surface area contributed by atoms with E-state index in [9.17, 15) is 13.2 Å². The number of anilines is 1. The highest BCUT2D eigenvalue weighted by Crippen LogP contribution is 2.30. The monoisotopic (exact) mass is 402 g/mol. The van der Waals surface area contributed by atoms with Gasteiger partial charge in [-0.3, -0.25) is 0 Å². The largest absolute Gasteiger partial charge is 0.416 e. The fourth-order valence-corrected chi connectivity index (χ4v) is 3.40. The summed E-state index contributed by atoms with van der Waals surface area (Å²) in [6.07, 6.45) is -2.92. The van der Waals surface area contributed by atoms with Crippen LogP contribution < -0.4 is 5.73 Å². The lowest BCUT2D eigenvalue weighted by atomic mass is 10.1. The van der Waals surface area contributed by atoms with Crippen molar-refractivity contribution in [3.8, 4) is 5.82 Å². The molecule has 142 valence electrons. The van der Waals surface area contributed by atoms with Gasteiger partial charge in [0.05, 0.1) is 11.1 Å². The molecule has 0 radical (unpaired) electrons. The first-order valence-corrected chi connectivity index (χ1v) is 9.12. The summed E-state index contributed by atoms with van der Waals surface area (Å²) in [6.45, 7) is 0. The fourth-order valence-electron chi connectivity index (χ4n) is 2.62. The maximum Gasteiger partial charge on any atom is 0.416 e. The number of rotatable bonds is 4. The zero-order valence-corrected chi connectivity index (χ0v) is 15.1. The molecule has 2 heterocycles. The summed E-state index contributed by atoms with van der Waals surface area (Å²) in [5, 5.41) is 5.56. The second kappa shape index (κ2) is 7.12. The minimum absolute atomic E-state index is 0.166. The molecule has 0 bridgehead atoms. The Labute approximate surface area is 161 Å². The van der Waals surface area contributed by atoms with Crippen LogP contribution in [0, 0.1) is 0 Å². The maximum absolute atomic E-state index is 12.6. The number of aromatic nitrogens is 5. The van der Waals surface area contributed by atoms with E-state index < -0.39 is 11.7 Å². The zero-order valence-electron chi connectivity index (χ0n) is 14.3. The summed E-state index contributed by atoms with van der Waals surface area (Å²) in [6, 6.07) is 12.4. The van der Waals surface area contributed by atoms with E-state index in [0.717, 1.165) is 28.6 Å². The van der Waals surface area contributed by atoms with Gasteiger partial charge < -0.3 is 5.73 Å². The Hall–Kier alpha value is -3.14. The van der Waals surface area contributed by atoms with Crippen LogP contribution in [0.1, 0.15) is 11.1 Å². The predicted octanol–water partition coefficient (Wildman–Crippen LogP) is 4.10. The van der Waals surface area contributed by atoms with Crippen LogP contribution in [0.25, 0.3) is 16.7 Å². The highest BCUT2D eigenvalue weighted by Gasteiger charge is 2.29. The van der Waals surface area contributed by atoms with Gasteiger partial charge in [0.2, 0.25) is 11.1 Å². The van der Waals surface area contributed by atoms with E-state index in [0.29, 0.717) is 16.7 Å². The maximum atomic E-state index is 12.6. The standard InChI is InChI=1S/C18H13F3N6S/c19-18(20,21)12-7-5-11(6-8-12)9-28-17-25-16(22)27(26-17)15-13-3-1-2-4-14(13)23-10-24-15/h1-8,10H,9H2,(H2,22,25,26). The van der Waals surface area contributed by atoms with E-state index in [2.05, 4.69) is 20.1 Å². The Morgan fingerprint density at radius 2 is 1.75 bits per heavy atom. The molecule has 0 aliphatic rings. The summed E-state index contributed by atoms with van der Waals surface area (Å²) in [7, 11) is 0. The van der Waals surface area contributed by atoms with Crippen LogP contribution in [0.5, 0.6) is 0 Å². The minimum atomic E-state index is -4.35. The highest BCUT2D eigenvalue weighted by molar-refractivity contribution is 7.98. The molecule has 4 aromatic rings. The smallest absolute Gasteiger partial charge is 0.368 e. The lowest BCUT2D eigenvalue weighted by Gasteiger charge is -2.07. The zero-order chi connectivity index (χ0) is 19.7. The van der Waals surface area contributed by atoms with Gasteiger partial charge in [0.1, 0.15) is 6.33 Å². The van der Waals surface area contributed by atoms with Crippen LogP contribution in [0.3, 0.4) is 0 Å². The van der Waals surface area contributed by atoms with Crippen molar-refractivity contribution in [2.45, 2.75) is 17.1 Å². The number of hydrogen-bond acceptors (Lipinski definition) is 6. The molecule has 0 aliphatic heterocycles. The molecule has 0 saturated carbocycles. The fraction of sp³-hybridized carbons (Fsp3) is 0.111. The first-order valence-electron chi connectivity index (χ1n) is 8.13. The number of hydrogen-bond donors (Lipinski definition) is 1. The lowest BCUT2D eigenvalue weighted by molar-refractivity contribution is -0.137. The molecule has 4 rings (SSSR count). The van der Waals surface area contributed by atoms with Gasteiger partial charge in [-0.1, -0.05) is 36.0 Å². The normalized spacial score (nSPS) is 11.8. The van der Waals surface area contributed by atoms with E-state index in [-0.39, 0.29) is 5.95 Å². The van der Waals surface area contributed by atoms with Crippen molar-refractivity contribution in [3.05, 3.63) is 66.0 Å². The molecule has 6 nitrogen and oxygen atoms in total. The molecule has 0 amide bonds. The van der Waals surface area contributed by atoms with Crippen molar-refractivity contribution in [1.82, 2.24) is 24.7 Å². The predicted molar refractivity (Wildman–Crippen MR) is 99.9 cm³/mol. The lowest BCUT2D eigenvalue weighted by Crippen LogP contribution is -2.05. The van der Waals surface area contributed by atoms with Crippen LogP contribution in [-0.2, 0) is 11.9 Å². The topological polar surface area (TPSA) is 82.5 Å². The molecule has 0 atom stereocenters. The van der Waals surface area contributed by atoms with Gasteiger partial charge in [0.15, 0.2) is 5.82 Å². The Kier molecular flexibility index (Phi) is 4.63. The first-order chi connectivity index (χ1) is 13.4. The van der Waals surface area contributed by atoms with Crippen LogP contribution in [-0.4, -0.2) is 24.7 Å². The summed E-state index contributed by atoms with van der Waals surface area (Å²) in [4.78, 5) is 12.7. The number of nitrogen functional groups attached to an aromatic ring is 1. The Morgan fingerprint density at radius 3 is 2.50 bits per heavy atom. The van der Waals surface area contributed by atoms with Gasteiger partial charge >= 0.3 is 6.18 Å². The third-order valence-corrected chi connectivity index (χ3v) is 4.89. The molecule has 0 spiro atoms. The van der Waals surface area contributed by atoms with Crippen LogP contribution in [0.15, 0.2) is 60.0 Å². The van der Waals surface area contributed by atoms with Gasteiger partial charge in [-0.05, 0) is 29.8 Å². The first kappa shape index (κ1) is 18.2. The number of alkyl halides is 3. The van der Waals surface area contributed by atoms with Crippen LogP contribution in [0.4, 0.5) is 19.1 Å². The summed E-state index contributed by atoms with van der Waals surface area (Å²) in [5.41, 5.74) is 6.79. The van der Waals surface area contributed by atoms with E-state index in [4.69, 9.17) is 5.73 Å². The number of fused-ring (bicyclic) bond motifs is 1. The average Bonchev–Trinajstić information content (AvgIpc) is 3.06. The Bertz CT molecular complexity index is 1120. The highest BCUT2D eigenvalue weighted by atomic mass is 32.2. The van der Waals surface area contributed by atoms with Crippen molar-refractivity contribution >= 4 is 28.6 Å². The molecule has 0 unspecified atom stereocenters. The number of thioether (sulfide) groups is 1. The number of para-hydroxylation sites is 1. The number of nitrogens with two attached hydrogens (primary N) is 1. The van der Waals surface area contributed by atoms with E-state index in [1.54, 1.807) is 0 Å². The molecule has 28 heavy (non-hydrogen) atoms. The summed E-state index contributed by atoms with van der Waals surface area (Å²) < 4.78 is 39.3. The summed E-state index contributed by atoms with van der Waals surface area (Å²) >= 11 is 1.27. The quantitative estimate of drug-likeness (QED) is 0.518. The third-order valence-electron chi connectivity index (χ3n) is 3.98. The van der Waals surface area contributed by atoms with Crippen molar-refractivity contribution in [1.29, 1.82) is 0 Å². The SMILES string of the molecule is Nc1nc(SCc2ccc(C(F)(F)F)cc2)nn1-c1ncnc2ccccc12. The Balaban J connectivity index is 1.55. The molecular formula is C18H13F3N6S. The molecular weight excluding hydrogens is 389 g/mol. The van der Waals surface area contributed by atoms with Crippen molar-refractivity contribution < 1.29 is 13.2 Å². The molecule has 0 aliphatic carbocycles. The second-order valence-corrected chi connectivity index (χ2v) is 6.80. The molecule has 0 fully saturated rings. The van der Waals surface area contributed by atoms with Crippen molar-refractivity contribution in [2.75, 3.05) is 5.73 Å². The second-order valence-electron chi connectivity index (χ2n) is 5.86. The van der Waals surface area contributed by atoms with Crippen LogP contribution in [0.2, 0.25) is 0 Å². The van der Waals surface area contributed by atoms with Crippen molar-refractivity contribution in [2.24, 2.45) is 0 Å². The van der Waals surface area contributed by atoms with Crippen LogP contribution >= 0.6 is 11.8 Å².